The second kappa shape index (κ2) is 8.05. The highest BCUT2D eigenvalue weighted by Gasteiger charge is 2.24. The number of esters is 1. The maximum absolute atomic E-state index is 14.5. The molecule has 0 aliphatic heterocycles. The molecule has 1 aromatic carbocycles. The van der Waals surface area contributed by atoms with Crippen molar-refractivity contribution in [2.45, 2.75) is 37.8 Å². The van der Waals surface area contributed by atoms with E-state index in [1.54, 1.807) is 25.1 Å². The molecular formula is C20H19FN2O3S2. The number of aryl methyl sites for hydroxylation is 2. The summed E-state index contributed by atoms with van der Waals surface area (Å²) in [5.74, 6) is -0.897. The van der Waals surface area contributed by atoms with E-state index >= 15 is 0 Å². The van der Waals surface area contributed by atoms with E-state index in [0.717, 1.165) is 43.0 Å². The van der Waals surface area contributed by atoms with E-state index in [2.05, 4.69) is 4.98 Å². The molecule has 0 N–H and O–H groups in total. The van der Waals surface area contributed by atoms with E-state index in [-0.39, 0.29) is 23.6 Å². The zero-order valence-corrected chi connectivity index (χ0v) is 17.0. The number of hydrogen-bond acceptors (Lipinski definition) is 6. The molecule has 2 heterocycles. The third kappa shape index (κ3) is 3.46. The van der Waals surface area contributed by atoms with Crippen LogP contribution in [0, 0.1) is 5.82 Å². The molecule has 0 unspecified atom stereocenters. The summed E-state index contributed by atoms with van der Waals surface area (Å²) in [5.41, 5.74) is 0.917. The van der Waals surface area contributed by atoms with Crippen molar-refractivity contribution in [3.63, 3.8) is 0 Å². The minimum absolute atomic E-state index is 0.00529. The number of ether oxygens (including phenoxy) is 1. The van der Waals surface area contributed by atoms with Gasteiger partial charge < -0.3 is 4.74 Å². The van der Waals surface area contributed by atoms with E-state index in [1.165, 1.54) is 26.8 Å². The van der Waals surface area contributed by atoms with Crippen LogP contribution in [0.15, 0.2) is 34.2 Å². The minimum atomic E-state index is -0.507. The Hall–Kier alpha value is -2.19. The predicted molar refractivity (Wildman–Crippen MR) is 109 cm³/mol. The number of thiophene rings is 1. The predicted octanol–water partition coefficient (Wildman–Crippen LogP) is 4.12. The average Bonchev–Trinajstić information content (AvgIpc) is 3.06. The van der Waals surface area contributed by atoms with E-state index in [9.17, 15) is 14.0 Å². The number of rotatable bonds is 5. The first-order valence-electron chi connectivity index (χ1n) is 9.20. The Labute approximate surface area is 169 Å². The van der Waals surface area contributed by atoms with Crippen molar-refractivity contribution in [3.8, 4) is 5.69 Å². The summed E-state index contributed by atoms with van der Waals surface area (Å²) in [6.45, 7) is 2.02. The van der Waals surface area contributed by atoms with Gasteiger partial charge in [0.25, 0.3) is 5.56 Å². The molecule has 8 heteroatoms. The van der Waals surface area contributed by atoms with Gasteiger partial charge in [-0.3, -0.25) is 14.2 Å². The molecule has 146 valence electrons. The quantitative estimate of drug-likeness (QED) is 0.354. The summed E-state index contributed by atoms with van der Waals surface area (Å²) >= 11 is 2.62. The zero-order valence-electron chi connectivity index (χ0n) is 15.4. The molecule has 0 amide bonds. The molecule has 28 heavy (non-hydrogen) atoms. The molecule has 0 atom stereocenters. The SMILES string of the molecule is CCOC(=O)CSc1nc2sc3c(c2c(=O)n1-c1ccccc1F)CCCC3. The topological polar surface area (TPSA) is 61.2 Å². The second-order valence-corrected chi connectivity index (χ2v) is 8.50. The van der Waals surface area contributed by atoms with E-state index in [1.807, 2.05) is 0 Å². The molecule has 1 aliphatic carbocycles. The molecule has 0 radical (unpaired) electrons. The van der Waals surface area contributed by atoms with Crippen molar-refractivity contribution in [1.29, 1.82) is 0 Å². The molecule has 1 aliphatic rings. The van der Waals surface area contributed by atoms with Crippen molar-refractivity contribution in [2.75, 3.05) is 12.4 Å². The fourth-order valence-corrected chi connectivity index (χ4v) is 5.56. The number of halogens is 1. The molecule has 0 fully saturated rings. The van der Waals surface area contributed by atoms with Gasteiger partial charge in [0.05, 0.1) is 23.4 Å². The molecule has 3 aromatic rings. The van der Waals surface area contributed by atoms with Crippen molar-refractivity contribution in [2.24, 2.45) is 0 Å². The van der Waals surface area contributed by atoms with Crippen LogP contribution in [-0.2, 0) is 22.4 Å². The number of fused-ring (bicyclic) bond motifs is 3. The van der Waals surface area contributed by atoms with Crippen molar-refractivity contribution < 1.29 is 13.9 Å². The molecule has 0 saturated carbocycles. The lowest BCUT2D eigenvalue weighted by molar-refractivity contribution is -0.139. The summed E-state index contributed by atoms with van der Waals surface area (Å²) in [5, 5.41) is 0.887. The molecular weight excluding hydrogens is 399 g/mol. The zero-order chi connectivity index (χ0) is 19.7. The van der Waals surface area contributed by atoms with Gasteiger partial charge in [-0.25, -0.2) is 9.37 Å². The molecule has 0 bridgehead atoms. The van der Waals surface area contributed by atoms with Crippen LogP contribution < -0.4 is 5.56 Å². The smallest absolute Gasteiger partial charge is 0.316 e. The number of benzene rings is 1. The summed E-state index contributed by atoms with van der Waals surface area (Å²) in [6.07, 6.45) is 3.93. The fraction of sp³-hybridized carbons (Fsp3) is 0.350. The number of aromatic nitrogens is 2. The molecule has 4 rings (SSSR count). The number of para-hydroxylation sites is 1. The van der Waals surface area contributed by atoms with Crippen LogP contribution in [0.3, 0.4) is 0 Å². The lowest BCUT2D eigenvalue weighted by Gasteiger charge is -2.14. The van der Waals surface area contributed by atoms with Crippen LogP contribution in [-0.4, -0.2) is 27.9 Å². The highest BCUT2D eigenvalue weighted by molar-refractivity contribution is 7.99. The molecule has 2 aromatic heterocycles. The van der Waals surface area contributed by atoms with Crippen LogP contribution in [0.4, 0.5) is 4.39 Å². The Morgan fingerprint density at radius 2 is 2.11 bits per heavy atom. The van der Waals surface area contributed by atoms with Crippen LogP contribution in [0.5, 0.6) is 0 Å². The first kappa shape index (κ1) is 19.1. The summed E-state index contributed by atoms with van der Waals surface area (Å²) in [7, 11) is 0. The molecule has 0 saturated heterocycles. The number of carbonyl (C=O) groups excluding carboxylic acids is 1. The van der Waals surface area contributed by atoms with Gasteiger partial charge in [0.15, 0.2) is 5.16 Å². The third-order valence-electron chi connectivity index (χ3n) is 4.68. The number of thioether (sulfide) groups is 1. The highest BCUT2D eigenvalue weighted by atomic mass is 32.2. The van der Waals surface area contributed by atoms with Gasteiger partial charge in [0.2, 0.25) is 0 Å². The summed E-state index contributed by atoms with van der Waals surface area (Å²) in [4.78, 5) is 31.8. The third-order valence-corrected chi connectivity index (χ3v) is 6.77. The normalized spacial score (nSPS) is 13.5. The lowest BCUT2D eigenvalue weighted by Crippen LogP contribution is -2.23. The van der Waals surface area contributed by atoms with E-state index in [0.29, 0.717) is 15.4 Å². The first-order valence-corrected chi connectivity index (χ1v) is 11.0. The Morgan fingerprint density at radius 1 is 1.32 bits per heavy atom. The van der Waals surface area contributed by atoms with Crippen molar-refractivity contribution in [3.05, 3.63) is 50.9 Å². The van der Waals surface area contributed by atoms with Crippen LogP contribution in [0.1, 0.15) is 30.2 Å². The Balaban J connectivity index is 1.91. The Morgan fingerprint density at radius 3 is 2.89 bits per heavy atom. The van der Waals surface area contributed by atoms with Crippen LogP contribution in [0.2, 0.25) is 0 Å². The summed E-state index contributed by atoms with van der Waals surface area (Å²) in [6, 6.07) is 6.12. The highest BCUT2D eigenvalue weighted by Crippen LogP contribution is 2.35. The van der Waals surface area contributed by atoms with Crippen molar-refractivity contribution >= 4 is 39.3 Å². The number of hydrogen-bond donors (Lipinski definition) is 0. The van der Waals surface area contributed by atoms with E-state index < -0.39 is 11.8 Å². The van der Waals surface area contributed by atoms with Gasteiger partial charge in [-0.05, 0) is 50.3 Å². The lowest BCUT2D eigenvalue weighted by atomic mass is 9.97. The van der Waals surface area contributed by atoms with Gasteiger partial charge >= 0.3 is 5.97 Å². The van der Waals surface area contributed by atoms with Gasteiger partial charge in [-0.1, -0.05) is 23.9 Å². The van der Waals surface area contributed by atoms with Gasteiger partial charge in [-0.15, -0.1) is 11.3 Å². The maximum atomic E-state index is 14.5. The van der Waals surface area contributed by atoms with Gasteiger partial charge in [0, 0.05) is 4.88 Å². The number of carbonyl (C=O) groups is 1. The summed E-state index contributed by atoms with van der Waals surface area (Å²) < 4.78 is 20.8. The maximum Gasteiger partial charge on any atom is 0.316 e. The first-order chi connectivity index (χ1) is 13.6. The fourth-order valence-electron chi connectivity index (χ4n) is 3.45. The average molecular weight is 419 g/mol. The van der Waals surface area contributed by atoms with Gasteiger partial charge in [0.1, 0.15) is 10.6 Å². The second-order valence-electron chi connectivity index (χ2n) is 6.47. The molecule has 5 nitrogen and oxygen atoms in total. The standard InChI is InChI=1S/C20H19FN2O3S2/c1-2-26-16(24)11-27-20-22-18-17(12-7-3-6-10-15(12)28-18)19(25)23(20)14-9-5-4-8-13(14)21/h4-5,8-9H,2-3,6-7,10-11H2,1H3. The number of nitrogens with zero attached hydrogens (tertiary/aromatic N) is 2. The Kier molecular flexibility index (Phi) is 5.50. The van der Waals surface area contributed by atoms with E-state index in [4.69, 9.17) is 4.74 Å². The minimum Gasteiger partial charge on any atom is -0.465 e. The van der Waals surface area contributed by atoms with Crippen LogP contribution in [0.25, 0.3) is 15.9 Å². The molecule has 0 spiro atoms. The largest absolute Gasteiger partial charge is 0.465 e. The van der Waals surface area contributed by atoms with Crippen LogP contribution >= 0.6 is 23.1 Å². The van der Waals surface area contributed by atoms with Gasteiger partial charge in [-0.2, -0.15) is 0 Å². The monoisotopic (exact) mass is 418 g/mol. The Bertz CT molecular complexity index is 1110. The van der Waals surface area contributed by atoms with Crippen molar-refractivity contribution in [1.82, 2.24) is 9.55 Å².